The van der Waals surface area contributed by atoms with E-state index in [-0.39, 0.29) is 23.9 Å². The van der Waals surface area contributed by atoms with Gasteiger partial charge in [0.05, 0.1) is 0 Å². The van der Waals surface area contributed by atoms with Crippen LogP contribution in [0.15, 0.2) is 0 Å². The van der Waals surface area contributed by atoms with E-state index in [1.807, 2.05) is 11.9 Å². The zero-order chi connectivity index (χ0) is 15.3. The van der Waals surface area contributed by atoms with Crippen LogP contribution in [-0.2, 0) is 4.79 Å². The van der Waals surface area contributed by atoms with Crippen molar-refractivity contribution in [1.29, 1.82) is 0 Å². The summed E-state index contributed by atoms with van der Waals surface area (Å²) >= 11 is 0. The summed E-state index contributed by atoms with van der Waals surface area (Å²) in [5.74, 6) is 1.43. The molecule has 1 fully saturated rings. The Morgan fingerprint density at radius 3 is 2.14 bits per heavy atom. The van der Waals surface area contributed by atoms with Crippen LogP contribution in [-0.4, -0.2) is 30.4 Å². The van der Waals surface area contributed by atoms with Crippen molar-refractivity contribution < 1.29 is 4.79 Å². The molecule has 2 N–H and O–H groups in total. The van der Waals surface area contributed by atoms with Gasteiger partial charge in [0.2, 0.25) is 5.91 Å². The second kappa shape index (κ2) is 8.99. The zero-order valence-electron chi connectivity index (χ0n) is 14.5. The number of hydrogen-bond donors (Lipinski definition) is 1. The molecular weight excluding hydrogens is 284 g/mol. The Hall–Kier alpha value is -0.280. The number of amides is 1. The van der Waals surface area contributed by atoms with E-state index in [2.05, 4.69) is 27.7 Å². The fraction of sp³-hybridized carbons (Fsp3) is 0.941. The lowest BCUT2D eigenvalue weighted by molar-refractivity contribution is -0.141. The number of nitrogens with two attached hydrogens (primary N) is 1. The van der Waals surface area contributed by atoms with Crippen LogP contribution in [0.5, 0.6) is 0 Å². The number of carbonyl (C=O) groups is 1. The van der Waals surface area contributed by atoms with Crippen molar-refractivity contribution in [3.05, 3.63) is 0 Å². The second-order valence-electron chi connectivity index (χ2n) is 7.51. The smallest absolute Gasteiger partial charge is 0.228 e. The minimum absolute atomic E-state index is 0. The second-order valence-corrected chi connectivity index (χ2v) is 7.51. The van der Waals surface area contributed by atoms with Crippen molar-refractivity contribution in [3.8, 4) is 0 Å². The quantitative estimate of drug-likeness (QED) is 0.775. The third-order valence-electron chi connectivity index (χ3n) is 4.81. The first-order valence-electron chi connectivity index (χ1n) is 8.29. The molecule has 0 heterocycles. The number of rotatable bonds is 7. The molecule has 126 valence electrons. The van der Waals surface area contributed by atoms with Gasteiger partial charge in [0.25, 0.3) is 0 Å². The van der Waals surface area contributed by atoms with Gasteiger partial charge in [-0.3, -0.25) is 4.79 Å². The van der Waals surface area contributed by atoms with Crippen LogP contribution < -0.4 is 5.73 Å². The van der Waals surface area contributed by atoms with Gasteiger partial charge in [-0.2, -0.15) is 0 Å². The summed E-state index contributed by atoms with van der Waals surface area (Å²) < 4.78 is 0. The van der Waals surface area contributed by atoms with Gasteiger partial charge in [0.15, 0.2) is 0 Å². The molecule has 3 nitrogen and oxygen atoms in total. The summed E-state index contributed by atoms with van der Waals surface area (Å²) in [4.78, 5) is 14.8. The van der Waals surface area contributed by atoms with Crippen LogP contribution in [0.1, 0.15) is 66.2 Å². The first kappa shape index (κ1) is 20.7. The highest BCUT2D eigenvalue weighted by Gasteiger charge is 2.42. The highest BCUT2D eigenvalue weighted by atomic mass is 35.5. The van der Waals surface area contributed by atoms with Gasteiger partial charge in [-0.1, -0.05) is 40.5 Å². The summed E-state index contributed by atoms with van der Waals surface area (Å²) in [5.41, 5.74) is 6.02. The maximum Gasteiger partial charge on any atom is 0.228 e. The van der Waals surface area contributed by atoms with Crippen molar-refractivity contribution in [2.24, 2.45) is 23.0 Å². The van der Waals surface area contributed by atoms with E-state index in [1.54, 1.807) is 0 Å². The lowest BCUT2D eigenvalue weighted by atomic mass is 9.77. The van der Waals surface area contributed by atoms with Gasteiger partial charge in [-0.25, -0.2) is 0 Å². The Kier molecular flexibility index (Phi) is 8.87. The first-order valence-corrected chi connectivity index (χ1v) is 8.29. The third-order valence-corrected chi connectivity index (χ3v) is 4.81. The zero-order valence-corrected chi connectivity index (χ0v) is 15.3. The molecule has 0 aromatic heterocycles. The Balaban J connectivity index is 0.00000400. The molecule has 0 aromatic carbocycles. The van der Waals surface area contributed by atoms with Crippen LogP contribution >= 0.6 is 12.4 Å². The van der Waals surface area contributed by atoms with E-state index in [4.69, 9.17) is 5.73 Å². The first-order chi connectivity index (χ1) is 9.28. The van der Waals surface area contributed by atoms with Crippen LogP contribution in [0.2, 0.25) is 0 Å². The molecule has 0 aromatic rings. The number of halogens is 1. The fourth-order valence-electron chi connectivity index (χ4n) is 3.52. The summed E-state index contributed by atoms with van der Waals surface area (Å²) in [6.45, 7) is 9.52. The van der Waals surface area contributed by atoms with Crippen LogP contribution in [0.4, 0.5) is 0 Å². The molecule has 1 aliphatic rings. The van der Waals surface area contributed by atoms with Crippen LogP contribution in [0.25, 0.3) is 0 Å². The summed E-state index contributed by atoms with van der Waals surface area (Å²) in [7, 11) is 1.95. The molecule has 1 saturated carbocycles. The third kappa shape index (κ3) is 5.78. The molecular formula is C17H35ClN2O. The van der Waals surface area contributed by atoms with E-state index >= 15 is 0 Å². The molecule has 1 rings (SSSR count). The predicted molar refractivity (Wildman–Crippen MR) is 92.7 cm³/mol. The van der Waals surface area contributed by atoms with Crippen molar-refractivity contribution in [3.63, 3.8) is 0 Å². The van der Waals surface area contributed by atoms with Gasteiger partial charge >= 0.3 is 0 Å². The van der Waals surface area contributed by atoms with E-state index in [0.29, 0.717) is 17.7 Å². The highest BCUT2D eigenvalue weighted by Crippen LogP contribution is 2.44. The van der Waals surface area contributed by atoms with Crippen molar-refractivity contribution in [1.82, 2.24) is 4.90 Å². The molecule has 4 heteroatoms. The molecule has 1 atom stereocenters. The number of hydrogen-bond acceptors (Lipinski definition) is 2. The summed E-state index contributed by atoms with van der Waals surface area (Å²) in [6.07, 6.45) is 6.49. The van der Waals surface area contributed by atoms with E-state index in [0.717, 1.165) is 32.2 Å². The highest BCUT2D eigenvalue weighted by molar-refractivity contribution is 5.85. The molecule has 0 spiro atoms. The Bertz CT molecular complexity index is 312. The topological polar surface area (TPSA) is 46.3 Å². The summed E-state index contributed by atoms with van der Waals surface area (Å²) in [6, 6.07) is 0.190. The van der Waals surface area contributed by atoms with Gasteiger partial charge in [0, 0.05) is 25.0 Å². The SMILES string of the molecule is CC(C)CC1(C(=O)N(C)CCC(N)C(C)C)CCCC1.Cl. The van der Waals surface area contributed by atoms with E-state index < -0.39 is 0 Å². The Morgan fingerprint density at radius 2 is 1.71 bits per heavy atom. The molecule has 1 amide bonds. The van der Waals surface area contributed by atoms with Crippen molar-refractivity contribution in [2.45, 2.75) is 72.3 Å². The largest absolute Gasteiger partial charge is 0.345 e. The minimum Gasteiger partial charge on any atom is -0.345 e. The monoisotopic (exact) mass is 318 g/mol. The molecule has 21 heavy (non-hydrogen) atoms. The van der Waals surface area contributed by atoms with Crippen molar-refractivity contribution in [2.75, 3.05) is 13.6 Å². The lowest BCUT2D eigenvalue weighted by Gasteiger charge is -2.34. The maximum atomic E-state index is 12.9. The number of nitrogens with zero attached hydrogens (tertiary/aromatic N) is 1. The van der Waals surface area contributed by atoms with Crippen molar-refractivity contribution >= 4 is 18.3 Å². The number of carbonyl (C=O) groups excluding carboxylic acids is 1. The van der Waals surface area contributed by atoms with Gasteiger partial charge in [-0.15, -0.1) is 12.4 Å². The van der Waals surface area contributed by atoms with Crippen LogP contribution in [0.3, 0.4) is 0 Å². The normalized spacial score (nSPS) is 18.7. The Morgan fingerprint density at radius 1 is 1.19 bits per heavy atom. The van der Waals surface area contributed by atoms with E-state index in [1.165, 1.54) is 12.8 Å². The molecule has 0 saturated heterocycles. The summed E-state index contributed by atoms with van der Waals surface area (Å²) in [5, 5.41) is 0. The molecule has 0 radical (unpaired) electrons. The average molecular weight is 319 g/mol. The Labute approximate surface area is 137 Å². The van der Waals surface area contributed by atoms with Gasteiger partial charge in [-0.05, 0) is 37.5 Å². The fourth-order valence-corrected chi connectivity index (χ4v) is 3.52. The van der Waals surface area contributed by atoms with E-state index in [9.17, 15) is 4.79 Å². The molecule has 1 aliphatic carbocycles. The standard InChI is InChI=1S/C17H34N2O.ClH/c1-13(2)12-17(9-6-7-10-17)16(20)19(5)11-8-15(18)14(3)4;/h13-15H,6-12,18H2,1-5H3;1H. The minimum atomic E-state index is -0.0785. The van der Waals surface area contributed by atoms with Gasteiger partial charge in [0.1, 0.15) is 0 Å². The molecule has 0 bridgehead atoms. The molecule has 0 aliphatic heterocycles. The average Bonchev–Trinajstić information content (AvgIpc) is 2.83. The maximum absolute atomic E-state index is 12.9. The molecule has 1 unspecified atom stereocenters. The van der Waals surface area contributed by atoms with Gasteiger partial charge < -0.3 is 10.6 Å². The predicted octanol–water partition coefficient (Wildman–Crippen LogP) is 3.85. The lowest BCUT2D eigenvalue weighted by Crippen LogP contribution is -2.43. The van der Waals surface area contributed by atoms with Crippen LogP contribution in [0, 0.1) is 17.3 Å².